The van der Waals surface area contributed by atoms with E-state index in [1.54, 1.807) is 0 Å². The van der Waals surface area contributed by atoms with Crippen LogP contribution in [-0.4, -0.2) is 0 Å². The molecule has 0 heterocycles. The molecule has 2 aliphatic carbocycles. The summed E-state index contributed by atoms with van der Waals surface area (Å²) in [5.41, 5.74) is 16.7. The number of halogens is 2. The van der Waals surface area contributed by atoms with Crippen molar-refractivity contribution < 1.29 is 51.0 Å². The molecule has 0 bridgehead atoms. The molecule has 0 unspecified atom stereocenters. The van der Waals surface area contributed by atoms with E-state index in [2.05, 4.69) is 204 Å². The molecule has 0 spiro atoms. The molecular weight excluding hydrogens is 811 g/mol. The number of hydrogen-bond acceptors (Lipinski definition) is 0. The van der Waals surface area contributed by atoms with Gasteiger partial charge in [-0.2, -0.15) is 0 Å². The Balaban J connectivity index is 0.000000240. The molecule has 2 aliphatic rings. The van der Waals surface area contributed by atoms with Gasteiger partial charge in [0.1, 0.15) is 0 Å². The number of rotatable bonds is 2. The molecule has 0 nitrogen and oxygen atoms in total. The van der Waals surface area contributed by atoms with Gasteiger partial charge in [0.2, 0.25) is 0 Å². The Kier molecular flexibility index (Phi) is 14.0. The van der Waals surface area contributed by atoms with Crippen molar-refractivity contribution in [2.24, 2.45) is 0 Å². The van der Waals surface area contributed by atoms with Crippen molar-refractivity contribution in [2.45, 2.75) is 118 Å². The summed E-state index contributed by atoms with van der Waals surface area (Å²) in [5.74, 6) is 0. The van der Waals surface area contributed by atoms with E-state index in [1.807, 2.05) is 0 Å². The number of benzene rings is 6. The normalized spacial score (nSPS) is 13.6. The van der Waals surface area contributed by atoms with E-state index < -0.39 is 0 Å². The van der Waals surface area contributed by atoms with Crippen LogP contribution in [0.25, 0.3) is 32.7 Å². The first-order valence-corrected chi connectivity index (χ1v) is 19.8. The van der Waals surface area contributed by atoms with Crippen molar-refractivity contribution in [3.05, 3.63) is 177 Å². The van der Waals surface area contributed by atoms with Gasteiger partial charge in [-0.3, -0.25) is 0 Å². The summed E-state index contributed by atoms with van der Waals surface area (Å²) in [6.07, 6.45) is 9.37. The summed E-state index contributed by atoms with van der Waals surface area (Å²) in [6.45, 7) is 27.6. The summed E-state index contributed by atoms with van der Waals surface area (Å²) in [5, 5.41) is 5.23. The third-order valence-electron chi connectivity index (χ3n) is 11.3. The zero-order valence-corrected chi connectivity index (χ0v) is 40.0. The second-order valence-corrected chi connectivity index (χ2v) is 19.9. The van der Waals surface area contributed by atoms with Crippen LogP contribution in [0, 0.1) is 12.2 Å². The first-order chi connectivity index (χ1) is 25.2. The van der Waals surface area contributed by atoms with Crippen molar-refractivity contribution in [3.8, 4) is 0 Å². The quantitative estimate of drug-likeness (QED) is 0.154. The summed E-state index contributed by atoms with van der Waals surface area (Å²) in [4.78, 5) is 0. The van der Waals surface area contributed by atoms with Gasteiger partial charge in [0, 0.05) is 0 Å². The van der Waals surface area contributed by atoms with Gasteiger partial charge in [0.05, 0.1) is 0 Å². The van der Waals surface area contributed by atoms with Crippen LogP contribution in [0.15, 0.2) is 109 Å². The van der Waals surface area contributed by atoms with Crippen LogP contribution in [-0.2, 0) is 60.7 Å². The smallest absolute Gasteiger partial charge is 1.00 e. The fraction of sp³-hybridized carbons (Fsp3) is 0.333. The third kappa shape index (κ3) is 10.3. The summed E-state index contributed by atoms with van der Waals surface area (Å²) in [6, 6.07) is 40.8. The molecule has 0 fully saturated rings. The average Bonchev–Trinajstić information content (AvgIpc) is 3.71. The van der Waals surface area contributed by atoms with Gasteiger partial charge in [-0.15, -0.1) is 57.7 Å². The molecule has 3 heteroatoms. The molecule has 57 heavy (non-hydrogen) atoms. The Hall–Kier alpha value is -3.22. The van der Waals surface area contributed by atoms with Crippen LogP contribution in [0.3, 0.4) is 0 Å². The monoisotopic (exact) mass is 866 g/mol. The summed E-state index contributed by atoms with van der Waals surface area (Å²) >= 11 is 0. The summed E-state index contributed by atoms with van der Waals surface area (Å²) in [7, 11) is 0. The SMILES string of the molecule is CC(C)(C)c1cc(C2=[C-]c3cc4ccccc4cc3C2)cc(C(C)(C)C)c1.CC(C)(C)c1cc(C2=[C-]c3cc4ccccc4cc3C2)cc(C(C)(C)C)c1.[Cl-].[Cl-].[Zr+4]. The van der Waals surface area contributed by atoms with E-state index in [0.29, 0.717) is 0 Å². The van der Waals surface area contributed by atoms with Crippen molar-refractivity contribution in [2.75, 3.05) is 0 Å². The zero-order chi connectivity index (χ0) is 38.8. The Labute approximate surface area is 375 Å². The van der Waals surface area contributed by atoms with E-state index >= 15 is 0 Å². The maximum Gasteiger partial charge on any atom is 4.00 e. The number of fused-ring (bicyclic) bond motifs is 4. The molecule has 0 atom stereocenters. The van der Waals surface area contributed by atoms with Crippen LogP contribution >= 0.6 is 0 Å². The topological polar surface area (TPSA) is 0 Å². The molecule has 6 aromatic rings. The third-order valence-corrected chi connectivity index (χ3v) is 11.3. The van der Waals surface area contributed by atoms with Crippen molar-refractivity contribution in [1.82, 2.24) is 0 Å². The molecule has 0 radical (unpaired) electrons. The Morgan fingerprint density at radius 3 is 0.895 bits per heavy atom. The van der Waals surface area contributed by atoms with E-state index in [4.69, 9.17) is 0 Å². The second kappa shape index (κ2) is 17.2. The van der Waals surface area contributed by atoms with Crippen LogP contribution in [0.5, 0.6) is 0 Å². The Morgan fingerprint density at radius 2 is 0.632 bits per heavy atom. The maximum atomic E-state index is 3.72. The van der Waals surface area contributed by atoms with Gasteiger partial charge in [0.15, 0.2) is 0 Å². The van der Waals surface area contributed by atoms with Gasteiger partial charge in [0.25, 0.3) is 0 Å². The molecule has 0 N–H and O–H groups in total. The average molecular weight is 869 g/mol. The van der Waals surface area contributed by atoms with Crippen LogP contribution in [0.2, 0.25) is 0 Å². The fourth-order valence-electron chi connectivity index (χ4n) is 7.58. The van der Waals surface area contributed by atoms with E-state index in [9.17, 15) is 0 Å². The van der Waals surface area contributed by atoms with E-state index in [0.717, 1.165) is 12.8 Å². The van der Waals surface area contributed by atoms with Gasteiger partial charge in [-0.1, -0.05) is 237 Å². The van der Waals surface area contributed by atoms with Crippen molar-refractivity contribution >= 4 is 32.7 Å². The van der Waals surface area contributed by atoms with E-state index in [1.165, 1.54) is 88.3 Å². The minimum absolute atomic E-state index is 0. The van der Waals surface area contributed by atoms with Gasteiger partial charge in [-0.05, 0) is 32.4 Å². The van der Waals surface area contributed by atoms with Crippen LogP contribution in [0.4, 0.5) is 0 Å². The molecule has 0 aliphatic heterocycles. The Bertz CT molecular complexity index is 2230. The minimum atomic E-state index is 0. The number of hydrogen-bond donors (Lipinski definition) is 0. The van der Waals surface area contributed by atoms with Crippen LogP contribution < -0.4 is 24.8 Å². The van der Waals surface area contributed by atoms with Crippen LogP contribution in [0.1, 0.15) is 139 Å². The summed E-state index contributed by atoms with van der Waals surface area (Å²) < 4.78 is 0. The molecular formula is C54H58Cl2Zr. The minimum Gasteiger partial charge on any atom is -1.00 e. The predicted molar refractivity (Wildman–Crippen MR) is 234 cm³/mol. The molecule has 0 amide bonds. The van der Waals surface area contributed by atoms with Crippen molar-refractivity contribution in [1.29, 1.82) is 0 Å². The Morgan fingerprint density at radius 1 is 0.368 bits per heavy atom. The predicted octanol–water partition coefficient (Wildman–Crippen LogP) is 8.46. The molecule has 8 rings (SSSR count). The maximum absolute atomic E-state index is 3.72. The van der Waals surface area contributed by atoms with Gasteiger partial charge < -0.3 is 24.8 Å². The van der Waals surface area contributed by atoms with Crippen molar-refractivity contribution in [3.63, 3.8) is 0 Å². The molecule has 0 saturated carbocycles. The van der Waals surface area contributed by atoms with Gasteiger partial charge in [-0.25, -0.2) is 0 Å². The van der Waals surface area contributed by atoms with E-state index in [-0.39, 0.29) is 72.7 Å². The second-order valence-electron chi connectivity index (χ2n) is 19.9. The van der Waals surface area contributed by atoms with Gasteiger partial charge >= 0.3 is 26.2 Å². The largest absolute Gasteiger partial charge is 4.00 e. The molecule has 0 aromatic heterocycles. The molecule has 6 aromatic carbocycles. The zero-order valence-electron chi connectivity index (χ0n) is 36.1. The first kappa shape index (κ1) is 46.5. The fourth-order valence-corrected chi connectivity index (χ4v) is 7.58. The number of allylic oxidation sites excluding steroid dienone is 2. The first-order valence-electron chi connectivity index (χ1n) is 19.8. The molecule has 292 valence electrons. The standard InChI is InChI=1S/2C27H29.2ClH.Zr/c2*1-26(2,3)24-15-23(16-25(17-24)27(4,5)6)22-13-20-11-18-9-7-8-10-19(18)12-21(20)14-22;;;/h2*7-12,15-17H,13H2,1-6H3;2*1H;/q2*-1;;;+4/p-2. The molecule has 0 saturated heterocycles.